The summed E-state index contributed by atoms with van der Waals surface area (Å²) in [5.41, 5.74) is 2.61. The monoisotopic (exact) mass is 349 g/mol. The maximum Gasteiger partial charge on any atom is 0.197 e. The molecule has 1 atom stereocenters. The summed E-state index contributed by atoms with van der Waals surface area (Å²) >= 11 is 0. The van der Waals surface area contributed by atoms with Gasteiger partial charge in [-0.1, -0.05) is 42.5 Å². The number of fused-ring (bicyclic) bond motifs is 1. The molecule has 1 aromatic heterocycles. The fraction of sp³-hybridized carbons (Fsp3) is 0.318. The van der Waals surface area contributed by atoms with Crippen LogP contribution in [0.3, 0.4) is 0 Å². The van der Waals surface area contributed by atoms with E-state index in [4.69, 9.17) is 9.15 Å². The topological polar surface area (TPSA) is 42.7 Å². The van der Waals surface area contributed by atoms with Crippen molar-refractivity contribution in [1.29, 1.82) is 0 Å². The molecule has 0 aliphatic carbocycles. The molecule has 1 unspecified atom stereocenters. The highest BCUT2D eigenvalue weighted by Gasteiger charge is 2.21. The van der Waals surface area contributed by atoms with Crippen LogP contribution in [0, 0.1) is 0 Å². The summed E-state index contributed by atoms with van der Waals surface area (Å²) in [7, 11) is 0. The Kier molecular flexibility index (Phi) is 5.14. The summed E-state index contributed by atoms with van der Waals surface area (Å²) in [6, 6.07) is 17.7. The van der Waals surface area contributed by atoms with Gasteiger partial charge in [-0.3, -0.25) is 9.69 Å². The van der Waals surface area contributed by atoms with Gasteiger partial charge in [-0.05, 0) is 30.5 Å². The maximum atomic E-state index is 12.8. The highest BCUT2D eigenvalue weighted by atomic mass is 16.5. The van der Waals surface area contributed by atoms with Gasteiger partial charge in [-0.25, -0.2) is 0 Å². The first kappa shape index (κ1) is 17.0. The van der Waals surface area contributed by atoms with Gasteiger partial charge in [-0.2, -0.15) is 0 Å². The van der Waals surface area contributed by atoms with Gasteiger partial charge in [0.2, 0.25) is 0 Å². The third-order valence-corrected chi connectivity index (χ3v) is 4.88. The molecule has 134 valence electrons. The molecule has 0 bridgehead atoms. The van der Waals surface area contributed by atoms with Crippen LogP contribution in [0.15, 0.2) is 70.1 Å². The first-order valence-electron chi connectivity index (χ1n) is 9.17. The number of ether oxygens (including phenoxy) is 1. The minimum atomic E-state index is 0.0530. The number of hydrogen-bond donors (Lipinski definition) is 0. The van der Waals surface area contributed by atoms with E-state index < -0.39 is 0 Å². The van der Waals surface area contributed by atoms with E-state index >= 15 is 0 Å². The van der Waals surface area contributed by atoms with Gasteiger partial charge in [0, 0.05) is 31.8 Å². The van der Waals surface area contributed by atoms with Crippen LogP contribution < -0.4 is 5.43 Å². The summed E-state index contributed by atoms with van der Waals surface area (Å²) in [6.07, 6.45) is 4.05. The van der Waals surface area contributed by atoms with Crippen molar-refractivity contribution < 1.29 is 9.15 Å². The minimum absolute atomic E-state index is 0.0530. The minimum Gasteiger partial charge on any atom is -0.464 e. The Labute approximate surface area is 153 Å². The van der Waals surface area contributed by atoms with Gasteiger partial charge in [0.15, 0.2) is 5.43 Å². The highest BCUT2D eigenvalue weighted by molar-refractivity contribution is 5.76. The maximum absolute atomic E-state index is 12.8. The molecule has 0 saturated carbocycles. The third-order valence-electron chi connectivity index (χ3n) is 4.88. The fourth-order valence-electron chi connectivity index (χ4n) is 3.57. The van der Waals surface area contributed by atoms with E-state index in [-0.39, 0.29) is 11.5 Å². The Bertz CT molecular complexity index is 913. The molecule has 1 aliphatic rings. The van der Waals surface area contributed by atoms with Crippen LogP contribution in [0.1, 0.15) is 24.0 Å². The number of nitrogens with zero attached hydrogens (tertiary/aromatic N) is 1. The Morgan fingerprint density at radius 3 is 2.62 bits per heavy atom. The first-order chi connectivity index (χ1) is 12.8. The molecule has 26 heavy (non-hydrogen) atoms. The number of hydrogen-bond acceptors (Lipinski definition) is 4. The highest BCUT2D eigenvalue weighted by Crippen LogP contribution is 2.18. The van der Waals surface area contributed by atoms with E-state index in [1.165, 1.54) is 5.56 Å². The molecule has 4 heteroatoms. The molecule has 0 spiro atoms. The first-order valence-corrected chi connectivity index (χ1v) is 9.17. The molecule has 1 aliphatic heterocycles. The summed E-state index contributed by atoms with van der Waals surface area (Å²) in [4.78, 5) is 15.1. The van der Waals surface area contributed by atoms with Crippen molar-refractivity contribution in [1.82, 2.24) is 4.90 Å². The number of rotatable bonds is 6. The van der Waals surface area contributed by atoms with Gasteiger partial charge >= 0.3 is 0 Å². The molecule has 4 rings (SSSR count). The average Bonchev–Trinajstić information content (AvgIpc) is 3.18. The largest absolute Gasteiger partial charge is 0.464 e. The molecule has 1 saturated heterocycles. The standard InChI is InChI=1S/C22H23NO3/c24-22-18(16-26-21-11-5-4-10-20(21)22)14-23(15-19-9-6-12-25-19)13-17-7-2-1-3-8-17/h1-5,7-8,10-11,16,19H,6,9,12-15H2. The predicted octanol–water partition coefficient (Wildman–Crippen LogP) is 3.97. The Balaban J connectivity index is 1.59. The van der Waals surface area contributed by atoms with E-state index in [1.54, 1.807) is 6.26 Å². The molecule has 0 N–H and O–H groups in total. The summed E-state index contributed by atoms with van der Waals surface area (Å²) in [5.74, 6) is 0. The fourth-order valence-corrected chi connectivity index (χ4v) is 3.57. The van der Waals surface area contributed by atoms with Gasteiger partial charge < -0.3 is 9.15 Å². The van der Waals surface area contributed by atoms with Crippen molar-refractivity contribution in [2.45, 2.75) is 32.0 Å². The van der Waals surface area contributed by atoms with Crippen molar-refractivity contribution in [3.63, 3.8) is 0 Å². The SMILES string of the molecule is O=c1c(CN(Cc2ccccc2)CC2CCCO2)coc2ccccc12. The second-order valence-electron chi connectivity index (χ2n) is 6.88. The number of benzene rings is 2. The van der Waals surface area contributed by atoms with Crippen molar-refractivity contribution in [3.05, 3.63) is 82.2 Å². The Morgan fingerprint density at radius 1 is 1.00 bits per heavy atom. The summed E-state index contributed by atoms with van der Waals surface area (Å²) in [5, 5.41) is 0.641. The number of para-hydroxylation sites is 1. The smallest absolute Gasteiger partial charge is 0.197 e. The molecule has 3 aromatic rings. The predicted molar refractivity (Wildman–Crippen MR) is 102 cm³/mol. The third kappa shape index (κ3) is 3.87. The van der Waals surface area contributed by atoms with Gasteiger partial charge in [0.05, 0.1) is 17.8 Å². The summed E-state index contributed by atoms with van der Waals surface area (Å²) in [6.45, 7) is 3.00. The zero-order valence-electron chi connectivity index (χ0n) is 14.8. The molecule has 0 amide bonds. The van der Waals surface area contributed by atoms with Crippen molar-refractivity contribution >= 4 is 11.0 Å². The van der Waals surface area contributed by atoms with Crippen LogP contribution in [0.4, 0.5) is 0 Å². The molecule has 2 aromatic carbocycles. The zero-order valence-corrected chi connectivity index (χ0v) is 14.8. The van der Waals surface area contributed by atoms with Crippen LogP contribution in [0.2, 0.25) is 0 Å². The van der Waals surface area contributed by atoms with Gasteiger partial charge in [0.25, 0.3) is 0 Å². The second kappa shape index (κ2) is 7.85. The normalized spacial score (nSPS) is 17.2. The quantitative estimate of drug-likeness (QED) is 0.675. The molecular formula is C22H23NO3. The van der Waals surface area contributed by atoms with Crippen molar-refractivity contribution in [2.75, 3.05) is 13.2 Å². The van der Waals surface area contributed by atoms with E-state index in [9.17, 15) is 4.79 Å². The van der Waals surface area contributed by atoms with Gasteiger partial charge in [-0.15, -0.1) is 0 Å². The van der Waals surface area contributed by atoms with E-state index in [0.717, 1.165) is 32.5 Å². The van der Waals surface area contributed by atoms with Gasteiger partial charge in [0.1, 0.15) is 5.58 Å². The average molecular weight is 349 g/mol. The lowest BCUT2D eigenvalue weighted by atomic mass is 10.1. The lowest BCUT2D eigenvalue weighted by Gasteiger charge is -2.25. The van der Waals surface area contributed by atoms with E-state index in [0.29, 0.717) is 23.1 Å². The molecule has 2 heterocycles. The zero-order chi connectivity index (χ0) is 17.8. The molecule has 1 fully saturated rings. The van der Waals surface area contributed by atoms with Crippen LogP contribution in [0.25, 0.3) is 11.0 Å². The van der Waals surface area contributed by atoms with Crippen molar-refractivity contribution in [2.24, 2.45) is 0 Å². The van der Waals surface area contributed by atoms with Crippen LogP contribution in [-0.2, 0) is 17.8 Å². The lowest BCUT2D eigenvalue weighted by molar-refractivity contribution is 0.0676. The summed E-state index contributed by atoms with van der Waals surface area (Å²) < 4.78 is 11.5. The van der Waals surface area contributed by atoms with Crippen LogP contribution in [-0.4, -0.2) is 24.2 Å². The van der Waals surface area contributed by atoms with Crippen LogP contribution in [0.5, 0.6) is 0 Å². The Morgan fingerprint density at radius 2 is 1.81 bits per heavy atom. The lowest BCUT2D eigenvalue weighted by Crippen LogP contribution is -2.33. The van der Waals surface area contributed by atoms with Crippen molar-refractivity contribution in [3.8, 4) is 0 Å². The molecular weight excluding hydrogens is 326 g/mol. The molecule has 4 nitrogen and oxygen atoms in total. The van der Waals surface area contributed by atoms with E-state index in [2.05, 4.69) is 17.0 Å². The van der Waals surface area contributed by atoms with E-state index in [1.807, 2.05) is 42.5 Å². The van der Waals surface area contributed by atoms with Crippen LogP contribution >= 0.6 is 0 Å². The Hall–Kier alpha value is -2.43. The second-order valence-corrected chi connectivity index (χ2v) is 6.88. The molecule has 0 radical (unpaired) electrons.